The highest BCUT2D eigenvalue weighted by Gasteiger charge is 2.18. The molecule has 11 nitrogen and oxygen atoms in total. The first-order valence-corrected chi connectivity index (χ1v) is 9.79. The quantitative estimate of drug-likeness (QED) is 0.475. The lowest BCUT2D eigenvalue weighted by Crippen LogP contribution is -2.37. The molecule has 0 bridgehead atoms. The number of aromatic amines is 2. The summed E-state index contributed by atoms with van der Waals surface area (Å²) in [7, 11) is 4.61. The number of anilines is 2. The predicted octanol–water partition coefficient (Wildman–Crippen LogP) is 0.809. The minimum atomic E-state index is -0.604. The minimum absolute atomic E-state index is 0.0687. The third-order valence-electron chi connectivity index (χ3n) is 4.98. The smallest absolute Gasteiger partial charge is 0.330 e. The molecule has 4 N–H and O–H groups in total. The highest BCUT2D eigenvalue weighted by Crippen LogP contribution is 2.30. The monoisotopic (exact) mass is 430 g/mol. The number of nitrogens with one attached hydrogen (secondary N) is 2. The Labute approximate surface area is 177 Å². The molecule has 166 valence electrons. The third-order valence-corrected chi connectivity index (χ3v) is 4.98. The van der Waals surface area contributed by atoms with Gasteiger partial charge in [0.15, 0.2) is 11.5 Å². The van der Waals surface area contributed by atoms with Gasteiger partial charge < -0.3 is 25.1 Å². The number of rotatable bonds is 8. The van der Waals surface area contributed by atoms with Crippen molar-refractivity contribution in [1.29, 1.82) is 0 Å². The van der Waals surface area contributed by atoms with Crippen LogP contribution in [-0.2, 0) is 13.1 Å². The molecule has 0 atom stereocenters. The van der Waals surface area contributed by atoms with Gasteiger partial charge in [0, 0.05) is 19.7 Å². The minimum Gasteiger partial charge on any atom is -0.493 e. The maximum Gasteiger partial charge on any atom is 0.330 e. The molecule has 0 spiro atoms. The summed E-state index contributed by atoms with van der Waals surface area (Å²) < 4.78 is 11.9. The van der Waals surface area contributed by atoms with Crippen LogP contribution in [0.5, 0.6) is 11.5 Å². The fourth-order valence-electron chi connectivity index (χ4n) is 3.38. The number of methoxy groups -OCH3 is 2. The molecule has 11 heteroatoms. The fraction of sp³-hybridized carbons (Fsp3) is 0.400. The summed E-state index contributed by atoms with van der Waals surface area (Å²) in [6.07, 6.45) is 1.61. The second-order valence-electron chi connectivity index (χ2n) is 7.09. The molecule has 0 amide bonds. The lowest BCUT2D eigenvalue weighted by atomic mass is 10.2. The molecule has 0 fully saturated rings. The zero-order valence-corrected chi connectivity index (χ0v) is 17.9. The zero-order valence-electron chi connectivity index (χ0n) is 17.9. The number of benzene rings is 1. The van der Waals surface area contributed by atoms with Crippen LogP contribution in [0.25, 0.3) is 10.9 Å². The van der Waals surface area contributed by atoms with E-state index in [2.05, 4.69) is 15.0 Å². The number of fused-ring (bicyclic) bond motifs is 1. The number of hydrogen-bond acceptors (Lipinski definition) is 8. The van der Waals surface area contributed by atoms with Gasteiger partial charge in [-0.05, 0) is 12.5 Å². The fourth-order valence-corrected chi connectivity index (χ4v) is 3.38. The van der Waals surface area contributed by atoms with Crippen molar-refractivity contribution >= 4 is 22.4 Å². The average molecular weight is 430 g/mol. The molecule has 2 heterocycles. The van der Waals surface area contributed by atoms with Gasteiger partial charge in [-0.1, -0.05) is 13.3 Å². The van der Waals surface area contributed by atoms with Crippen molar-refractivity contribution in [3.63, 3.8) is 0 Å². The molecule has 0 aliphatic carbocycles. The summed E-state index contributed by atoms with van der Waals surface area (Å²) >= 11 is 0. The topological polar surface area (TPSA) is 148 Å². The lowest BCUT2D eigenvalue weighted by molar-refractivity contribution is 0.355. The van der Waals surface area contributed by atoms with Crippen molar-refractivity contribution in [2.75, 3.05) is 31.9 Å². The van der Waals surface area contributed by atoms with Crippen molar-refractivity contribution < 1.29 is 9.47 Å². The van der Waals surface area contributed by atoms with Gasteiger partial charge in [-0.15, -0.1) is 0 Å². The number of aromatic nitrogens is 4. The van der Waals surface area contributed by atoms with Gasteiger partial charge in [0.05, 0.1) is 31.7 Å². The summed E-state index contributed by atoms with van der Waals surface area (Å²) in [5.74, 6) is 1.24. The number of H-pyrrole nitrogens is 2. The van der Waals surface area contributed by atoms with Crippen molar-refractivity contribution in [2.45, 2.75) is 32.9 Å². The second-order valence-corrected chi connectivity index (χ2v) is 7.09. The predicted molar refractivity (Wildman–Crippen MR) is 118 cm³/mol. The average Bonchev–Trinajstić information content (AvgIpc) is 2.72. The van der Waals surface area contributed by atoms with Gasteiger partial charge in [-0.25, -0.2) is 9.78 Å². The molecule has 0 radical (unpaired) electrons. The Morgan fingerprint density at radius 3 is 2.42 bits per heavy atom. The molecule has 2 aromatic heterocycles. The molecule has 0 saturated carbocycles. The maximum absolute atomic E-state index is 12.6. The van der Waals surface area contributed by atoms with Crippen LogP contribution in [0.15, 0.2) is 26.5 Å². The Kier molecular flexibility index (Phi) is 6.33. The van der Waals surface area contributed by atoms with E-state index in [9.17, 15) is 14.4 Å². The van der Waals surface area contributed by atoms with E-state index in [1.807, 2.05) is 6.92 Å². The van der Waals surface area contributed by atoms with E-state index < -0.39 is 11.2 Å². The van der Waals surface area contributed by atoms with Gasteiger partial charge >= 0.3 is 5.69 Å². The first-order chi connectivity index (χ1) is 14.8. The summed E-state index contributed by atoms with van der Waals surface area (Å²) in [6.45, 7) is 2.47. The first-order valence-electron chi connectivity index (χ1n) is 9.79. The number of nitrogens with zero attached hydrogens (tertiary/aromatic N) is 3. The van der Waals surface area contributed by atoms with Crippen LogP contribution in [0.1, 0.15) is 25.6 Å². The van der Waals surface area contributed by atoms with Gasteiger partial charge in [-0.2, -0.15) is 0 Å². The van der Waals surface area contributed by atoms with E-state index in [1.165, 1.54) is 18.8 Å². The summed E-state index contributed by atoms with van der Waals surface area (Å²) in [4.78, 5) is 48.2. The SMILES string of the molecule is CCCCn1c(N)c(N(C)Cc2nc3cc(OC)c(OC)cc3c(=O)[nH]2)c(=O)[nH]c1=O. The van der Waals surface area contributed by atoms with Crippen LogP contribution < -0.4 is 36.9 Å². The standard InChI is InChI=1S/C20H26N6O5/c1-5-6-7-26-17(21)16(19(28)24-20(26)29)25(2)10-15-22-12-9-14(31-4)13(30-3)8-11(12)18(27)23-15/h8-9H,5-7,10,21H2,1-4H3,(H,22,23,27)(H,24,28,29). The normalized spacial score (nSPS) is 11.0. The van der Waals surface area contributed by atoms with Crippen LogP contribution in [0.4, 0.5) is 11.5 Å². The van der Waals surface area contributed by atoms with Crippen molar-refractivity contribution in [3.8, 4) is 11.5 Å². The van der Waals surface area contributed by atoms with Gasteiger partial charge in [0.1, 0.15) is 17.3 Å². The number of unbranched alkanes of at least 4 members (excludes halogenated alkanes) is 1. The second kappa shape index (κ2) is 8.94. The number of nitrogen functional groups attached to an aromatic ring is 1. The molecular formula is C20H26N6O5. The molecule has 0 aliphatic rings. The van der Waals surface area contributed by atoms with Crippen LogP contribution >= 0.6 is 0 Å². The van der Waals surface area contributed by atoms with E-state index in [1.54, 1.807) is 24.1 Å². The molecule has 31 heavy (non-hydrogen) atoms. The zero-order chi connectivity index (χ0) is 22.7. The highest BCUT2D eigenvalue weighted by molar-refractivity contribution is 5.81. The lowest BCUT2D eigenvalue weighted by Gasteiger charge is -2.21. The maximum atomic E-state index is 12.6. The van der Waals surface area contributed by atoms with E-state index in [0.29, 0.717) is 34.8 Å². The highest BCUT2D eigenvalue weighted by atomic mass is 16.5. The van der Waals surface area contributed by atoms with E-state index in [0.717, 1.165) is 12.8 Å². The van der Waals surface area contributed by atoms with Crippen LogP contribution in [-0.4, -0.2) is 40.8 Å². The van der Waals surface area contributed by atoms with Gasteiger partial charge in [0.2, 0.25) is 0 Å². The molecule has 0 unspecified atom stereocenters. The molecule has 3 aromatic rings. The third kappa shape index (κ3) is 4.25. The first kappa shape index (κ1) is 21.9. The van der Waals surface area contributed by atoms with Crippen molar-refractivity contribution in [3.05, 3.63) is 49.1 Å². The van der Waals surface area contributed by atoms with Crippen LogP contribution in [0, 0.1) is 0 Å². The Balaban J connectivity index is 2.02. The summed E-state index contributed by atoms with van der Waals surface area (Å²) in [6, 6.07) is 3.17. The largest absolute Gasteiger partial charge is 0.493 e. The van der Waals surface area contributed by atoms with Crippen molar-refractivity contribution in [1.82, 2.24) is 19.5 Å². The molecule has 0 saturated heterocycles. The van der Waals surface area contributed by atoms with Crippen LogP contribution in [0.3, 0.4) is 0 Å². The van der Waals surface area contributed by atoms with Gasteiger partial charge in [-0.3, -0.25) is 19.1 Å². The van der Waals surface area contributed by atoms with Gasteiger partial charge in [0.25, 0.3) is 11.1 Å². The Morgan fingerprint density at radius 2 is 1.77 bits per heavy atom. The van der Waals surface area contributed by atoms with E-state index in [4.69, 9.17) is 15.2 Å². The molecule has 0 aliphatic heterocycles. The Hall–Kier alpha value is -3.76. The molecule has 3 rings (SSSR count). The van der Waals surface area contributed by atoms with Crippen LogP contribution in [0.2, 0.25) is 0 Å². The van der Waals surface area contributed by atoms with Crippen molar-refractivity contribution in [2.24, 2.45) is 0 Å². The van der Waals surface area contributed by atoms with E-state index in [-0.39, 0.29) is 23.6 Å². The summed E-state index contributed by atoms with van der Waals surface area (Å²) in [5, 5.41) is 0.342. The Morgan fingerprint density at radius 1 is 1.10 bits per heavy atom. The summed E-state index contributed by atoms with van der Waals surface area (Å²) in [5.41, 5.74) is 5.18. The molecular weight excluding hydrogens is 404 g/mol. The number of nitrogens with two attached hydrogens (primary N) is 1. The Bertz CT molecular complexity index is 1280. The number of ether oxygens (including phenoxy) is 2. The van der Waals surface area contributed by atoms with E-state index >= 15 is 0 Å². The number of hydrogen-bond donors (Lipinski definition) is 3. The molecule has 1 aromatic carbocycles.